The first kappa shape index (κ1) is 19.7. The van der Waals surface area contributed by atoms with Gasteiger partial charge in [0, 0.05) is 24.2 Å². The maximum Gasteiger partial charge on any atom is 0.255 e. The number of halogens is 1. The molecule has 2 aromatic carbocycles. The highest BCUT2D eigenvalue weighted by Crippen LogP contribution is 2.21. The Labute approximate surface area is 174 Å². The SMILES string of the molecule is Cc1ccc2[nH]c(=O)c(CN(CC3CCCO3)C(=O)c3ccccc3Cl)cc2c1. The van der Waals surface area contributed by atoms with Crippen molar-refractivity contribution < 1.29 is 9.53 Å². The van der Waals surface area contributed by atoms with Crippen molar-refractivity contribution in [2.24, 2.45) is 0 Å². The van der Waals surface area contributed by atoms with Gasteiger partial charge in [-0.1, -0.05) is 35.4 Å². The van der Waals surface area contributed by atoms with Crippen LogP contribution < -0.4 is 5.56 Å². The first-order valence-corrected chi connectivity index (χ1v) is 10.2. The molecule has 1 atom stereocenters. The highest BCUT2D eigenvalue weighted by molar-refractivity contribution is 6.33. The quantitative estimate of drug-likeness (QED) is 0.681. The maximum atomic E-state index is 13.3. The summed E-state index contributed by atoms with van der Waals surface area (Å²) in [6, 6.07) is 14.7. The molecule has 1 fully saturated rings. The number of nitrogens with one attached hydrogen (secondary N) is 1. The predicted octanol–water partition coefficient (Wildman–Crippen LogP) is 4.31. The van der Waals surface area contributed by atoms with E-state index in [1.807, 2.05) is 31.2 Å². The van der Waals surface area contributed by atoms with E-state index in [-0.39, 0.29) is 24.1 Å². The molecular formula is C23H23ClN2O3. The van der Waals surface area contributed by atoms with Crippen LogP contribution in [0, 0.1) is 6.92 Å². The first-order valence-electron chi connectivity index (χ1n) is 9.79. The van der Waals surface area contributed by atoms with Gasteiger partial charge in [0.25, 0.3) is 11.5 Å². The molecule has 1 N–H and O–H groups in total. The van der Waals surface area contributed by atoms with Crippen molar-refractivity contribution in [3.8, 4) is 0 Å². The van der Waals surface area contributed by atoms with Crippen LogP contribution in [0.5, 0.6) is 0 Å². The maximum absolute atomic E-state index is 13.3. The highest BCUT2D eigenvalue weighted by Gasteiger charge is 2.25. The van der Waals surface area contributed by atoms with E-state index < -0.39 is 0 Å². The third kappa shape index (κ3) is 4.36. The number of H-pyrrole nitrogens is 1. The van der Waals surface area contributed by atoms with Gasteiger partial charge >= 0.3 is 0 Å². The molecule has 1 unspecified atom stereocenters. The van der Waals surface area contributed by atoms with E-state index in [0.717, 1.165) is 29.3 Å². The van der Waals surface area contributed by atoms with Gasteiger partial charge in [-0.05, 0) is 55.5 Å². The van der Waals surface area contributed by atoms with Crippen LogP contribution in [0.2, 0.25) is 5.02 Å². The summed E-state index contributed by atoms with van der Waals surface area (Å²) in [5, 5.41) is 1.35. The number of hydrogen-bond donors (Lipinski definition) is 1. The number of ether oxygens (including phenoxy) is 1. The van der Waals surface area contributed by atoms with E-state index in [0.29, 0.717) is 29.3 Å². The fourth-order valence-corrected chi connectivity index (χ4v) is 3.97. The molecule has 0 aliphatic carbocycles. The largest absolute Gasteiger partial charge is 0.376 e. The zero-order valence-electron chi connectivity index (χ0n) is 16.3. The number of aromatic amines is 1. The summed E-state index contributed by atoms with van der Waals surface area (Å²) >= 11 is 6.26. The number of carbonyl (C=O) groups excluding carboxylic acids is 1. The number of nitrogens with zero attached hydrogens (tertiary/aromatic N) is 1. The number of fused-ring (bicyclic) bond motifs is 1. The van der Waals surface area contributed by atoms with Crippen LogP contribution in [0.15, 0.2) is 53.3 Å². The van der Waals surface area contributed by atoms with Crippen LogP contribution in [0.25, 0.3) is 10.9 Å². The number of hydrogen-bond acceptors (Lipinski definition) is 3. The fraction of sp³-hybridized carbons (Fsp3) is 0.304. The van der Waals surface area contributed by atoms with E-state index in [9.17, 15) is 9.59 Å². The molecule has 1 aliphatic heterocycles. The summed E-state index contributed by atoms with van der Waals surface area (Å²) in [6.07, 6.45) is 1.86. The van der Waals surface area contributed by atoms with Gasteiger partial charge in [0.15, 0.2) is 0 Å². The Morgan fingerprint density at radius 1 is 1.24 bits per heavy atom. The molecule has 0 bridgehead atoms. The second-order valence-corrected chi connectivity index (χ2v) is 7.92. The number of carbonyl (C=O) groups is 1. The average Bonchev–Trinajstić information content (AvgIpc) is 3.21. The van der Waals surface area contributed by atoms with Crippen molar-refractivity contribution in [1.29, 1.82) is 0 Å². The second-order valence-electron chi connectivity index (χ2n) is 7.51. The van der Waals surface area contributed by atoms with Crippen molar-refractivity contribution >= 4 is 28.4 Å². The molecule has 150 valence electrons. The van der Waals surface area contributed by atoms with Gasteiger partial charge in [-0.15, -0.1) is 0 Å². The van der Waals surface area contributed by atoms with Gasteiger partial charge in [-0.3, -0.25) is 9.59 Å². The van der Waals surface area contributed by atoms with Crippen molar-refractivity contribution in [2.45, 2.75) is 32.4 Å². The molecule has 6 heteroatoms. The number of aryl methyl sites for hydroxylation is 1. The zero-order chi connectivity index (χ0) is 20.4. The highest BCUT2D eigenvalue weighted by atomic mass is 35.5. The topological polar surface area (TPSA) is 62.4 Å². The Bertz CT molecular complexity index is 1100. The first-order chi connectivity index (χ1) is 14.0. The smallest absolute Gasteiger partial charge is 0.255 e. The van der Waals surface area contributed by atoms with Gasteiger partial charge in [0.05, 0.1) is 23.2 Å². The minimum atomic E-state index is -0.199. The summed E-state index contributed by atoms with van der Waals surface area (Å²) in [5.41, 5.74) is 2.68. The van der Waals surface area contributed by atoms with Gasteiger partial charge < -0.3 is 14.6 Å². The van der Waals surface area contributed by atoms with Gasteiger partial charge in [-0.25, -0.2) is 0 Å². The average molecular weight is 411 g/mol. The van der Waals surface area contributed by atoms with E-state index in [1.165, 1.54) is 0 Å². The molecule has 0 radical (unpaired) electrons. The molecule has 1 amide bonds. The Morgan fingerprint density at radius 3 is 2.83 bits per heavy atom. The third-order valence-corrected chi connectivity index (χ3v) is 5.61. The number of benzene rings is 2. The summed E-state index contributed by atoms with van der Waals surface area (Å²) < 4.78 is 5.74. The standard InChI is InChI=1S/C23H23ClN2O3/c1-15-8-9-21-16(11-15)12-17(22(27)25-21)13-26(14-18-5-4-10-29-18)23(28)19-6-2-3-7-20(19)24/h2-3,6-9,11-12,18H,4-5,10,13-14H2,1H3,(H,25,27). The van der Waals surface area contributed by atoms with Crippen LogP contribution in [0.4, 0.5) is 0 Å². The second kappa shape index (κ2) is 8.39. The van der Waals surface area contributed by atoms with Crippen molar-refractivity contribution in [3.05, 3.63) is 80.6 Å². The van der Waals surface area contributed by atoms with Crippen molar-refractivity contribution in [1.82, 2.24) is 9.88 Å². The van der Waals surface area contributed by atoms with Crippen LogP contribution in [0.1, 0.15) is 34.3 Å². The van der Waals surface area contributed by atoms with Gasteiger partial charge in [0.2, 0.25) is 0 Å². The lowest BCUT2D eigenvalue weighted by molar-refractivity contribution is 0.0506. The molecule has 29 heavy (non-hydrogen) atoms. The number of aromatic nitrogens is 1. The van der Waals surface area contributed by atoms with Crippen LogP contribution >= 0.6 is 11.6 Å². The predicted molar refractivity (Wildman–Crippen MR) is 114 cm³/mol. The molecule has 2 heterocycles. The van der Waals surface area contributed by atoms with Crippen LogP contribution in [-0.4, -0.2) is 35.0 Å². The number of rotatable bonds is 5. The molecule has 4 rings (SSSR count). The van der Waals surface area contributed by atoms with Gasteiger partial charge in [-0.2, -0.15) is 0 Å². The molecule has 1 aromatic heterocycles. The Hall–Kier alpha value is -2.63. The molecule has 0 saturated carbocycles. The van der Waals surface area contributed by atoms with Crippen molar-refractivity contribution in [3.63, 3.8) is 0 Å². The summed E-state index contributed by atoms with van der Waals surface area (Å²) in [5.74, 6) is -0.199. The molecule has 5 nitrogen and oxygen atoms in total. The molecule has 1 aliphatic rings. The minimum Gasteiger partial charge on any atom is -0.376 e. The monoisotopic (exact) mass is 410 g/mol. The molecular weight excluding hydrogens is 388 g/mol. The van der Waals surface area contributed by atoms with Crippen molar-refractivity contribution in [2.75, 3.05) is 13.2 Å². The van der Waals surface area contributed by atoms with E-state index >= 15 is 0 Å². The summed E-state index contributed by atoms with van der Waals surface area (Å²) in [6.45, 7) is 3.34. The molecule has 0 spiro atoms. The molecule has 1 saturated heterocycles. The molecule has 3 aromatic rings. The van der Waals surface area contributed by atoms with Crippen LogP contribution in [-0.2, 0) is 11.3 Å². The van der Waals surface area contributed by atoms with Crippen LogP contribution in [0.3, 0.4) is 0 Å². The van der Waals surface area contributed by atoms with Gasteiger partial charge in [0.1, 0.15) is 0 Å². The summed E-state index contributed by atoms with van der Waals surface area (Å²) in [4.78, 5) is 30.5. The number of pyridine rings is 1. The lowest BCUT2D eigenvalue weighted by Crippen LogP contribution is -2.38. The Kier molecular flexibility index (Phi) is 5.69. The normalized spacial score (nSPS) is 16.3. The minimum absolute atomic E-state index is 0.0248. The lowest BCUT2D eigenvalue weighted by atomic mass is 10.1. The van der Waals surface area contributed by atoms with E-state index in [2.05, 4.69) is 4.98 Å². The Balaban J connectivity index is 1.68. The van der Waals surface area contributed by atoms with E-state index in [1.54, 1.807) is 29.2 Å². The van der Waals surface area contributed by atoms with E-state index in [4.69, 9.17) is 16.3 Å². The zero-order valence-corrected chi connectivity index (χ0v) is 17.0. The lowest BCUT2D eigenvalue weighted by Gasteiger charge is -2.26. The Morgan fingerprint density at radius 2 is 2.07 bits per heavy atom. The fourth-order valence-electron chi connectivity index (χ4n) is 3.75. The third-order valence-electron chi connectivity index (χ3n) is 5.28. The number of amides is 1. The summed E-state index contributed by atoms with van der Waals surface area (Å²) in [7, 11) is 0.